The highest BCUT2D eigenvalue weighted by molar-refractivity contribution is 7.84. The van der Waals surface area contributed by atoms with Gasteiger partial charge in [0, 0.05) is 33.6 Å². The molecule has 0 radical (unpaired) electrons. The molecule has 114 valence electrons. The monoisotopic (exact) mass is 319 g/mol. The van der Waals surface area contributed by atoms with Gasteiger partial charge in [0.25, 0.3) is 11.6 Å². The van der Waals surface area contributed by atoms with Crippen LogP contribution in [0.4, 0.5) is 11.4 Å². The molecule has 22 heavy (non-hydrogen) atoms. The van der Waals surface area contributed by atoms with E-state index in [0.29, 0.717) is 10.5 Å². The number of nitrogens with one attached hydrogen (secondary N) is 2. The van der Waals surface area contributed by atoms with Crippen molar-refractivity contribution in [1.82, 2.24) is 5.43 Å². The summed E-state index contributed by atoms with van der Waals surface area (Å²) in [6.07, 6.45) is 1.55. The Hall–Kier alpha value is -2.74. The topological polar surface area (TPSA) is 101 Å². The van der Waals surface area contributed by atoms with Gasteiger partial charge in [0.05, 0.1) is 4.92 Å². The van der Waals surface area contributed by atoms with Gasteiger partial charge in [-0.2, -0.15) is 0 Å². The van der Waals surface area contributed by atoms with E-state index in [4.69, 9.17) is 0 Å². The maximum Gasteiger partial charge on any atom is 0.294 e. The SMILES string of the molecule is C[S@](=O)c1ccc(C(=O)NNc2ccccc2[N+](=O)[O-])cc1. The average Bonchev–Trinajstić information content (AvgIpc) is 2.52. The molecule has 2 aromatic carbocycles. The van der Waals surface area contributed by atoms with E-state index in [2.05, 4.69) is 10.9 Å². The van der Waals surface area contributed by atoms with E-state index >= 15 is 0 Å². The van der Waals surface area contributed by atoms with Crippen LogP contribution in [0, 0.1) is 10.1 Å². The fourth-order valence-electron chi connectivity index (χ4n) is 1.73. The first-order valence-electron chi connectivity index (χ1n) is 6.22. The van der Waals surface area contributed by atoms with Crippen molar-refractivity contribution in [2.45, 2.75) is 4.90 Å². The highest BCUT2D eigenvalue weighted by Crippen LogP contribution is 2.22. The Morgan fingerprint density at radius 2 is 1.77 bits per heavy atom. The Balaban J connectivity index is 2.07. The second-order valence-electron chi connectivity index (χ2n) is 4.33. The van der Waals surface area contributed by atoms with Crippen molar-refractivity contribution in [3.8, 4) is 0 Å². The Bertz CT molecular complexity index is 731. The van der Waals surface area contributed by atoms with Gasteiger partial charge in [-0.15, -0.1) is 0 Å². The molecule has 0 saturated carbocycles. The predicted octanol–water partition coefficient (Wildman–Crippen LogP) is 2.09. The van der Waals surface area contributed by atoms with E-state index < -0.39 is 21.6 Å². The number of hydrogen-bond donors (Lipinski definition) is 2. The third-order valence-corrected chi connectivity index (χ3v) is 3.80. The molecular formula is C14H13N3O4S. The second-order valence-corrected chi connectivity index (χ2v) is 5.71. The quantitative estimate of drug-likeness (QED) is 0.649. The largest absolute Gasteiger partial charge is 0.294 e. The van der Waals surface area contributed by atoms with Gasteiger partial charge in [-0.1, -0.05) is 12.1 Å². The molecule has 2 N–H and O–H groups in total. The summed E-state index contributed by atoms with van der Waals surface area (Å²) < 4.78 is 11.3. The van der Waals surface area contributed by atoms with Gasteiger partial charge in [0.2, 0.25) is 0 Å². The van der Waals surface area contributed by atoms with Crippen LogP contribution < -0.4 is 10.9 Å². The molecule has 1 amide bonds. The summed E-state index contributed by atoms with van der Waals surface area (Å²) in [5.74, 6) is -0.452. The lowest BCUT2D eigenvalue weighted by atomic mass is 10.2. The summed E-state index contributed by atoms with van der Waals surface area (Å²) in [7, 11) is -1.11. The van der Waals surface area contributed by atoms with E-state index in [9.17, 15) is 19.1 Å². The van der Waals surface area contributed by atoms with Crippen LogP contribution in [0.25, 0.3) is 0 Å². The van der Waals surface area contributed by atoms with E-state index in [0.717, 1.165) is 0 Å². The molecule has 0 saturated heterocycles. The number of nitro benzene ring substituents is 1. The normalized spacial score (nSPS) is 11.5. The summed E-state index contributed by atoms with van der Waals surface area (Å²) in [4.78, 5) is 22.9. The standard InChI is InChI=1S/C14H13N3O4S/c1-22(21)11-8-6-10(7-9-11)14(18)16-15-12-4-2-3-5-13(12)17(19)20/h2-9,15H,1H3,(H,16,18)/t22-/m0/s1. The van der Waals surface area contributed by atoms with E-state index in [-0.39, 0.29) is 11.4 Å². The number of carbonyl (C=O) groups is 1. The minimum atomic E-state index is -1.11. The smallest absolute Gasteiger partial charge is 0.292 e. The number of nitro groups is 1. The molecule has 2 rings (SSSR count). The molecule has 0 bridgehead atoms. The second kappa shape index (κ2) is 6.81. The maximum absolute atomic E-state index is 12.0. The van der Waals surface area contributed by atoms with Crippen LogP contribution in [0.3, 0.4) is 0 Å². The number of anilines is 1. The highest BCUT2D eigenvalue weighted by Gasteiger charge is 2.13. The lowest BCUT2D eigenvalue weighted by Crippen LogP contribution is -2.29. The number of amides is 1. The van der Waals surface area contributed by atoms with Crippen LogP contribution in [0.5, 0.6) is 0 Å². The van der Waals surface area contributed by atoms with Crippen LogP contribution in [0.2, 0.25) is 0 Å². The molecule has 0 fully saturated rings. The van der Waals surface area contributed by atoms with Crippen molar-refractivity contribution in [2.75, 3.05) is 11.7 Å². The minimum Gasteiger partial charge on any atom is -0.292 e. The van der Waals surface area contributed by atoms with Crippen molar-refractivity contribution in [1.29, 1.82) is 0 Å². The lowest BCUT2D eigenvalue weighted by molar-refractivity contribution is -0.384. The molecule has 0 aliphatic rings. The summed E-state index contributed by atoms with van der Waals surface area (Å²) >= 11 is 0. The van der Waals surface area contributed by atoms with Gasteiger partial charge in [-0.05, 0) is 30.3 Å². The Morgan fingerprint density at radius 3 is 2.36 bits per heavy atom. The van der Waals surface area contributed by atoms with E-state index in [1.165, 1.54) is 30.3 Å². The zero-order chi connectivity index (χ0) is 16.1. The van der Waals surface area contributed by atoms with E-state index in [1.807, 2.05) is 0 Å². The zero-order valence-corrected chi connectivity index (χ0v) is 12.4. The summed E-state index contributed by atoms with van der Waals surface area (Å²) in [6, 6.07) is 12.2. The predicted molar refractivity (Wildman–Crippen MR) is 83.0 cm³/mol. The van der Waals surface area contributed by atoms with Crippen molar-refractivity contribution >= 4 is 28.1 Å². The molecule has 8 heteroatoms. The first-order chi connectivity index (χ1) is 10.5. The molecule has 0 aromatic heterocycles. The third kappa shape index (κ3) is 3.67. The number of benzene rings is 2. The fourth-order valence-corrected chi connectivity index (χ4v) is 2.25. The number of carbonyl (C=O) groups excluding carboxylic acids is 1. The maximum atomic E-state index is 12.0. The molecule has 0 unspecified atom stereocenters. The van der Waals surface area contributed by atoms with E-state index in [1.54, 1.807) is 24.5 Å². The average molecular weight is 319 g/mol. The number of para-hydroxylation sites is 2. The number of hydrazine groups is 1. The van der Waals surface area contributed by atoms with Gasteiger partial charge in [0.15, 0.2) is 0 Å². The van der Waals surface area contributed by atoms with Crippen molar-refractivity contribution in [3.05, 3.63) is 64.2 Å². The molecule has 0 aliphatic heterocycles. The van der Waals surface area contributed by atoms with Gasteiger partial charge in [-0.25, -0.2) is 0 Å². The summed E-state index contributed by atoms with van der Waals surface area (Å²) in [6.45, 7) is 0. The number of hydrogen-bond acceptors (Lipinski definition) is 5. The van der Waals surface area contributed by atoms with Crippen LogP contribution in [-0.4, -0.2) is 21.3 Å². The zero-order valence-electron chi connectivity index (χ0n) is 11.6. The number of rotatable bonds is 5. The fraction of sp³-hybridized carbons (Fsp3) is 0.0714. The molecule has 7 nitrogen and oxygen atoms in total. The first kappa shape index (κ1) is 15.6. The van der Waals surface area contributed by atoms with Gasteiger partial charge in [0.1, 0.15) is 5.69 Å². The highest BCUT2D eigenvalue weighted by atomic mass is 32.2. The van der Waals surface area contributed by atoms with Crippen LogP contribution >= 0.6 is 0 Å². The number of nitrogens with zero attached hydrogens (tertiary/aromatic N) is 1. The third-order valence-electron chi connectivity index (χ3n) is 2.86. The lowest BCUT2D eigenvalue weighted by Gasteiger charge is -2.09. The van der Waals surface area contributed by atoms with Crippen molar-refractivity contribution in [3.63, 3.8) is 0 Å². The van der Waals surface area contributed by atoms with Gasteiger partial charge >= 0.3 is 0 Å². The molecule has 0 spiro atoms. The Morgan fingerprint density at radius 1 is 1.14 bits per heavy atom. The minimum absolute atomic E-state index is 0.139. The molecular weight excluding hydrogens is 306 g/mol. The molecule has 1 atom stereocenters. The van der Waals surface area contributed by atoms with Crippen LogP contribution in [0.15, 0.2) is 53.4 Å². The van der Waals surface area contributed by atoms with Gasteiger partial charge in [-0.3, -0.25) is 30.0 Å². The van der Waals surface area contributed by atoms with Crippen LogP contribution in [-0.2, 0) is 10.8 Å². The first-order valence-corrected chi connectivity index (χ1v) is 7.78. The summed E-state index contributed by atoms with van der Waals surface area (Å²) in [5.41, 5.74) is 5.31. The van der Waals surface area contributed by atoms with Crippen molar-refractivity contribution < 1.29 is 13.9 Å². The molecule has 2 aromatic rings. The molecule has 0 heterocycles. The van der Waals surface area contributed by atoms with Crippen molar-refractivity contribution in [2.24, 2.45) is 0 Å². The van der Waals surface area contributed by atoms with Gasteiger partial charge < -0.3 is 0 Å². The Labute approximate surface area is 128 Å². The molecule has 0 aliphatic carbocycles. The van der Waals surface area contributed by atoms with Crippen LogP contribution in [0.1, 0.15) is 10.4 Å². The Kier molecular flexibility index (Phi) is 4.84. The summed E-state index contributed by atoms with van der Waals surface area (Å²) in [5, 5.41) is 10.9.